The Bertz CT molecular complexity index is 1030. The van der Waals surface area contributed by atoms with E-state index in [0.29, 0.717) is 48.8 Å². The molecule has 10 heteroatoms. The Hall–Kier alpha value is -2.17. The number of halogens is 1. The van der Waals surface area contributed by atoms with Crippen LogP contribution in [0.1, 0.15) is 31.1 Å². The van der Waals surface area contributed by atoms with Gasteiger partial charge in [-0.25, -0.2) is 14.6 Å². The second-order valence-electron chi connectivity index (χ2n) is 6.99. The van der Waals surface area contributed by atoms with E-state index >= 15 is 0 Å². The van der Waals surface area contributed by atoms with Gasteiger partial charge in [0.15, 0.2) is 10.8 Å². The zero-order valence-corrected chi connectivity index (χ0v) is 20.3. The molecule has 0 unspecified atom stereocenters. The number of rotatable bonds is 11. The van der Waals surface area contributed by atoms with Gasteiger partial charge in [-0.15, -0.1) is 0 Å². The van der Waals surface area contributed by atoms with Crippen LogP contribution in [0.3, 0.4) is 0 Å². The number of benzene rings is 1. The average molecular weight is 507 g/mol. The Balaban J connectivity index is 1.74. The van der Waals surface area contributed by atoms with E-state index in [9.17, 15) is 4.79 Å². The molecule has 3 rings (SSSR count). The van der Waals surface area contributed by atoms with Crippen LogP contribution in [0.25, 0.3) is 11.0 Å². The molecule has 1 amide bonds. The predicted molar refractivity (Wildman–Crippen MR) is 128 cm³/mol. The van der Waals surface area contributed by atoms with Crippen molar-refractivity contribution in [3.63, 3.8) is 0 Å². The number of fused-ring (bicyclic) bond motifs is 1. The van der Waals surface area contributed by atoms with E-state index in [2.05, 4.69) is 50.5 Å². The molecular weight excluding hydrogens is 480 g/mol. The van der Waals surface area contributed by atoms with E-state index < -0.39 is 0 Å². The van der Waals surface area contributed by atoms with Crippen LogP contribution in [0.4, 0.5) is 5.82 Å². The summed E-state index contributed by atoms with van der Waals surface area (Å²) in [4.78, 5) is 21.8. The van der Waals surface area contributed by atoms with Crippen molar-refractivity contribution in [1.82, 2.24) is 25.1 Å². The summed E-state index contributed by atoms with van der Waals surface area (Å²) in [6.45, 7) is 9.05. The van der Waals surface area contributed by atoms with Gasteiger partial charge in [0.05, 0.1) is 30.3 Å². The van der Waals surface area contributed by atoms with Gasteiger partial charge < -0.3 is 15.4 Å². The van der Waals surface area contributed by atoms with Crippen molar-refractivity contribution in [2.75, 3.05) is 31.6 Å². The minimum absolute atomic E-state index is 0.132. The molecule has 2 heterocycles. The van der Waals surface area contributed by atoms with Gasteiger partial charge in [-0.1, -0.05) is 37.7 Å². The molecule has 0 saturated heterocycles. The zero-order chi connectivity index (χ0) is 22.2. The Morgan fingerprint density at radius 2 is 2.06 bits per heavy atom. The Morgan fingerprint density at radius 1 is 1.26 bits per heavy atom. The van der Waals surface area contributed by atoms with Gasteiger partial charge in [0.1, 0.15) is 5.82 Å². The first-order valence-corrected chi connectivity index (χ1v) is 11.9. The van der Waals surface area contributed by atoms with E-state index in [1.165, 1.54) is 0 Å². The van der Waals surface area contributed by atoms with Gasteiger partial charge in [0.2, 0.25) is 0 Å². The molecule has 2 N–H and O–H groups in total. The summed E-state index contributed by atoms with van der Waals surface area (Å²) in [5.74, 6) is 0.615. The lowest BCUT2D eigenvalue weighted by Gasteiger charge is -2.11. The molecule has 0 radical (unpaired) electrons. The quantitative estimate of drug-likeness (QED) is 0.231. The summed E-state index contributed by atoms with van der Waals surface area (Å²) in [5, 5.41) is 12.7. The number of nitrogens with zero attached hydrogens (tertiary/aromatic N) is 4. The van der Waals surface area contributed by atoms with Crippen LogP contribution in [0.2, 0.25) is 0 Å². The van der Waals surface area contributed by atoms with Crippen molar-refractivity contribution in [2.24, 2.45) is 0 Å². The number of carbonyl (C=O) groups is 1. The highest BCUT2D eigenvalue weighted by atomic mass is 79.9. The highest BCUT2D eigenvalue weighted by Crippen LogP contribution is 2.26. The number of amides is 1. The van der Waals surface area contributed by atoms with Crippen LogP contribution >= 0.6 is 27.7 Å². The van der Waals surface area contributed by atoms with Gasteiger partial charge >= 0.3 is 0 Å². The fourth-order valence-electron chi connectivity index (χ4n) is 2.90. The van der Waals surface area contributed by atoms with Crippen molar-refractivity contribution in [3.8, 4) is 0 Å². The van der Waals surface area contributed by atoms with Crippen molar-refractivity contribution in [3.05, 3.63) is 40.5 Å². The number of hydrogen-bond donors (Lipinski definition) is 2. The van der Waals surface area contributed by atoms with Gasteiger partial charge in [0, 0.05) is 29.4 Å². The summed E-state index contributed by atoms with van der Waals surface area (Å²) >= 11 is 5.01. The number of nitrogens with one attached hydrogen (secondary N) is 2. The average Bonchev–Trinajstić information content (AvgIpc) is 3.14. The summed E-state index contributed by atoms with van der Waals surface area (Å²) in [7, 11) is 0. The minimum atomic E-state index is -0.132. The molecule has 0 saturated carbocycles. The molecule has 0 fully saturated rings. The third-order valence-corrected chi connectivity index (χ3v) is 5.84. The smallest absolute Gasteiger partial charge is 0.252 e. The second-order valence-corrected chi connectivity index (χ2v) is 9.38. The van der Waals surface area contributed by atoms with Crippen LogP contribution in [0.5, 0.6) is 0 Å². The number of thioether (sulfide) groups is 1. The lowest BCUT2D eigenvalue weighted by Crippen LogP contribution is -2.27. The van der Waals surface area contributed by atoms with Crippen LogP contribution in [-0.2, 0) is 11.3 Å². The molecule has 3 aromatic rings. The van der Waals surface area contributed by atoms with Gasteiger partial charge in [-0.05, 0) is 35.0 Å². The van der Waals surface area contributed by atoms with Crippen LogP contribution in [0.15, 0.2) is 40.1 Å². The summed E-state index contributed by atoms with van der Waals surface area (Å²) < 4.78 is 7.98. The van der Waals surface area contributed by atoms with Crippen molar-refractivity contribution in [2.45, 2.75) is 37.7 Å². The van der Waals surface area contributed by atoms with E-state index in [4.69, 9.17) is 9.72 Å². The van der Waals surface area contributed by atoms with Gasteiger partial charge in [-0.3, -0.25) is 4.79 Å². The van der Waals surface area contributed by atoms with E-state index in [-0.39, 0.29) is 5.91 Å². The van der Waals surface area contributed by atoms with E-state index in [0.717, 1.165) is 21.3 Å². The fourth-order valence-corrected chi connectivity index (χ4v) is 4.07. The molecule has 0 aliphatic heterocycles. The third-order valence-electron chi connectivity index (χ3n) is 4.29. The van der Waals surface area contributed by atoms with E-state index in [1.807, 2.05) is 25.1 Å². The highest BCUT2D eigenvalue weighted by Gasteiger charge is 2.15. The van der Waals surface area contributed by atoms with Gasteiger partial charge in [-0.2, -0.15) is 5.10 Å². The normalized spacial score (nSPS) is 11.3. The monoisotopic (exact) mass is 506 g/mol. The maximum absolute atomic E-state index is 12.4. The molecule has 0 aliphatic rings. The topological polar surface area (TPSA) is 94.0 Å². The standard InChI is InChI=1S/C21H27BrN6O2S/c1-4-30-12-10-23-18-16-13-25-28(19(16)27-21(26-18)31-14(2)3)11-9-24-20(29)15-7-5-6-8-17(15)22/h5-8,13-14H,4,9-12H2,1-3H3,(H,24,29)(H,23,26,27). The number of ether oxygens (including phenoxy) is 1. The Morgan fingerprint density at radius 3 is 2.81 bits per heavy atom. The molecule has 2 aromatic heterocycles. The van der Waals surface area contributed by atoms with Crippen molar-refractivity contribution >= 4 is 50.5 Å². The lowest BCUT2D eigenvalue weighted by atomic mass is 10.2. The van der Waals surface area contributed by atoms with E-state index in [1.54, 1.807) is 28.7 Å². The minimum Gasteiger partial charge on any atom is -0.380 e. The molecular formula is C21H27BrN6O2S. The maximum atomic E-state index is 12.4. The number of carbonyl (C=O) groups excluding carboxylic acids is 1. The summed E-state index contributed by atoms with van der Waals surface area (Å²) in [5.41, 5.74) is 1.35. The molecule has 0 spiro atoms. The maximum Gasteiger partial charge on any atom is 0.252 e. The SMILES string of the molecule is CCOCCNc1nc(SC(C)C)nc2c1cnn2CCNC(=O)c1ccccc1Br. The molecule has 0 aliphatic carbocycles. The number of aromatic nitrogens is 4. The number of hydrogen-bond acceptors (Lipinski definition) is 7. The molecule has 0 bridgehead atoms. The molecule has 8 nitrogen and oxygen atoms in total. The van der Waals surface area contributed by atoms with Gasteiger partial charge in [0.25, 0.3) is 5.91 Å². The number of anilines is 1. The first kappa shape index (κ1) is 23.5. The Kier molecular flexibility index (Phi) is 8.68. The van der Waals surface area contributed by atoms with Crippen molar-refractivity contribution in [1.29, 1.82) is 0 Å². The summed E-state index contributed by atoms with van der Waals surface area (Å²) in [6.07, 6.45) is 1.76. The van der Waals surface area contributed by atoms with Crippen LogP contribution < -0.4 is 10.6 Å². The Labute approximate surface area is 194 Å². The largest absolute Gasteiger partial charge is 0.380 e. The van der Waals surface area contributed by atoms with Crippen molar-refractivity contribution < 1.29 is 9.53 Å². The van der Waals surface area contributed by atoms with Crippen LogP contribution in [0, 0.1) is 0 Å². The fraction of sp³-hybridized carbons (Fsp3) is 0.429. The molecule has 31 heavy (non-hydrogen) atoms. The lowest BCUT2D eigenvalue weighted by molar-refractivity contribution is 0.0951. The second kappa shape index (κ2) is 11.4. The zero-order valence-electron chi connectivity index (χ0n) is 17.9. The predicted octanol–water partition coefficient (Wildman–Crippen LogP) is 3.97. The molecule has 0 atom stereocenters. The summed E-state index contributed by atoms with van der Waals surface area (Å²) in [6, 6.07) is 7.35. The molecule has 1 aromatic carbocycles. The highest BCUT2D eigenvalue weighted by molar-refractivity contribution is 9.10. The molecule has 166 valence electrons. The first-order valence-electron chi connectivity index (χ1n) is 10.2. The third kappa shape index (κ3) is 6.41. The first-order chi connectivity index (χ1) is 15.0. The van der Waals surface area contributed by atoms with Crippen LogP contribution in [-0.4, -0.2) is 57.2 Å².